The van der Waals surface area contributed by atoms with Crippen molar-refractivity contribution in [2.75, 3.05) is 34.7 Å². The van der Waals surface area contributed by atoms with Crippen molar-refractivity contribution < 1.29 is 33.2 Å². The van der Waals surface area contributed by atoms with Gasteiger partial charge in [-0.3, -0.25) is 4.79 Å². The quantitative estimate of drug-likeness (QED) is 0.742. The summed E-state index contributed by atoms with van der Waals surface area (Å²) in [5.74, 6) is 3.13. The van der Waals surface area contributed by atoms with E-state index in [1.165, 1.54) is 0 Å². The summed E-state index contributed by atoms with van der Waals surface area (Å²) >= 11 is 0. The van der Waals surface area contributed by atoms with Gasteiger partial charge >= 0.3 is 0 Å². The van der Waals surface area contributed by atoms with Gasteiger partial charge < -0.3 is 33.3 Å². The Morgan fingerprint density at radius 3 is 2.61 bits per heavy atom. The van der Waals surface area contributed by atoms with Gasteiger partial charge in [0, 0.05) is 24.6 Å². The van der Waals surface area contributed by atoms with Gasteiger partial charge in [0.15, 0.2) is 23.0 Å². The second kappa shape index (κ2) is 7.53. The van der Waals surface area contributed by atoms with Gasteiger partial charge in [-0.05, 0) is 29.7 Å². The molecule has 3 heterocycles. The van der Waals surface area contributed by atoms with Crippen LogP contribution in [0.4, 0.5) is 0 Å². The molecule has 0 bridgehead atoms. The smallest absolute Gasteiger partial charge is 0.231 e. The number of nitrogens with zero attached hydrogens (tertiary/aromatic N) is 1. The Labute approximate surface area is 180 Å². The van der Waals surface area contributed by atoms with Crippen molar-refractivity contribution >= 4 is 5.91 Å². The molecule has 0 saturated heterocycles. The molecule has 0 saturated carbocycles. The number of rotatable bonds is 4. The molecule has 0 aliphatic carbocycles. The third kappa shape index (κ3) is 2.89. The minimum Gasteiger partial charge on any atom is -0.493 e. The minimum atomic E-state index is -0.382. The van der Waals surface area contributed by atoms with Crippen molar-refractivity contribution in [1.29, 1.82) is 0 Å². The summed E-state index contributed by atoms with van der Waals surface area (Å²) in [6, 6.07) is 5.48. The Bertz CT molecular complexity index is 1050. The second-order valence-corrected chi connectivity index (χ2v) is 7.72. The molecule has 3 aliphatic rings. The predicted molar refractivity (Wildman–Crippen MR) is 110 cm³/mol. The van der Waals surface area contributed by atoms with Gasteiger partial charge in [0.05, 0.1) is 34.0 Å². The van der Waals surface area contributed by atoms with Crippen LogP contribution >= 0.6 is 0 Å². The molecule has 0 spiro atoms. The van der Waals surface area contributed by atoms with Crippen LogP contribution in [0.5, 0.6) is 28.7 Å². The number of fused-ring (bicyclic) bond motifs is 3. The lowest BCUT2D eigenvalue weighted by atomic mass is 9.85. The van der Waals surface area contributed by atoms with Crippen molar-refractivity contribution in [1.82, 2.24) is 4.90 Å². The molecule has 164 valence electrons. The fraction of sp³-hybridized carbons (Fsp3) is 0.435. The number of hydrogen-bond acceptors (Lipinski definition) is 7. The molecule has 5 rings (SSSR count). The molecular weight excluding hydrogens is 402 g/mol. The van der Waals surface area contributed by atoms with Crippen LogP contribution in [0.25, 0.3) is 0 Å². The van der Waals surface area contributed by atoms with Crippen LogP contribution in [-0.2, 0) is 22.6 Å². The Balaban J connectivity index is 1.69. The van der Waals surface area contributed by atoms with E-state index in [2.05, 4.69) is 0 Å². The molecule has 1 amide bonds. The molecule has 3 aliphatic heterocycles. The lowest BCUT2D eigenvalue weighted by molar-refractivity contribution is -0.136. The van der Waals surface area contributed by atoms with E-state index in [9.17, 15) is 4.79 Å². The summed E-state index contributed by atoms with van der Waals surface area (Å²) in [6.45, 7) is 2.68. The van der Waals surface area contributed by atoms with Crippen LogP contribution in [0.2, 0.25) is 0 Å². The van der Waals surface area contributed by atoms with Crippen molar-refractivity contribution in [2.45, 2.75) is 32.1 Å². The topological polar surface area (TPSA) is 75.7 Å². The van der Waals surface area contributed by atoms with Gasteiger partial charge in [0.1, 0.15) is 6.10 Å². The molecular formula is C23H25NO7. The van der Waals surface area contributed by atoms with E-state index in [4.69, 9.17) is 28.4 Å². The van der Waals surface area contributed by atoms with Crippen LogP contribution < -0.4 is 23.7 Å². The van der Waals surface area contributed by atoms with E-state index in [1.807, 2.05) is 23.1 Å². The van der Waals surface area contributed by atoms with Crippen LogP contribution in [0.15, 0.2) is 18.2 Å². The summed E-state index contributed by atoms with van der Waals surface area (Å²) in [4.78, 5) is 14.5. The molecule has 0 radical (unpaired) electrons. The van der Waals surface area contributed by atoms with Crippen LogP contribution in [0.1, 0.15) is 41.3 Å². The minimum absolute atomic E-state index is 0.0205. The third-order valence-electron chi connectivity index (χ3n) is 6.29. The van der Waals surface area contributed by atoms with E-state index in [0.717, 1.165) is 22.3 Å². The highest BCUT2D eigenvalue weighted by Gasteiger charge is 2.44. The third-order valence-corrected chi connectivity index (χ3v) is 6.29. The highest BCUT2D eigenvalue weighted by atomic mass is 16.7. The highest BCUT2D eigenvalue weighted by molar-refractivity contribution is 5.76. The van der Waals surface area contributed by atoms with Crippen LogP contribution in [-0.4, -0.2) is 45.5 Å². The molecule has 8 nitrogen and oxygen atoms in total. The lowest BCUT2D eigenvalue weighted by Crippen LogP contribution is -2.41. The Kier molecular flexibility index (Phi) is 4.81. The number of carbonyl (C=O) groups is 1. The Morgan fingerprint density at radius 1 is 1.10 bits per heavy atom. The standard InChI is InChI=1S/C23H25NO7/c1-12(25)24-8-7-13-9-17-22(31-11-30-17)23(28-4)18(13)19(24)21-14-5-6-16(26-2)20(27-3)15(14)10-29-21/h5-6,9,19,21H,7-8,10-11H2,1-4H3/t19-,21+/m1/s1. The number of carbonyl (C=O) groups excluding carboxylic acids is 1. The van der Waals surface area contributed by atoms with Crippen molar-refractivity contribution in [3.63, 3.8) is 0 Å². The van der Waals surface area contributed by atoms with E-state index in [0.29, 0.717) is 48.3 Å². The molecule has 0 unspecified atom stereocenters. The van der Waals surface area contributed by atoms with E-state index >= 15 is 0 Å². The molecule has 0 aromatic heterocycles. The molecule has 31 heavy (non-hydrogen) atoms. The maximum Gasteiger partial charge on any atom is 0.231 e. The molecule has 2 aromatic carbocycles. The zero-order chi connectivity index (χ0) is 21.7. The summed E-state index contributed by atoms with van der Waals surface area (Å²) < 4.78 is 34.5. The van der Waals surface area contributed by atoms with E-state index in [1.54, 1.807) is 28.3 Å². The van der Waals surface area contributed by atoms with Crippen molar-refractivity contribution in [3.8, 4) is 28.7 Å². The fourth-order valence-electron chi connectivity index (χ4n) is 4.96. The van der Waals surface area contributed by atoms with Gasteiger partial charge in [-0.1, -0.05) is 6.07 Å². The van der Waals surface area contributed by atoms with Gasteiger partial charge in [-0.2, -0.15) is 0 Å². The van der Waals surface area contributed by atoms with Crippen molar-refractivity contribution in [3.05, 3.63) is 40.5 Å². The zero-order valence-electron chi connectivity index (χ0n) is 18.0. The number of methoxy groups -OCH3 is 3. The monoisotopic (exact) mass is 427 g/mol. The molecule has 2 aromatic rings. The molecule has 0 fully saturated rings. The molecule has 8 heteroatoms. The van der Waals surface area contributed by atoms with Gasteiger partial charge in [0.25, 0.3) is 0 Å². The largest absolute Gasteiger partial charge is 0.493 e. The number of amides is 1. The molecule has 0 N–H and O–H groups in total. The first kappa shape index (κ1) is 19.8. The van der Waals surface area contributed by atoms with E-state index < -0.39 is 0 Å². The lowest BCUT2D eigenvalue weighted by Gasteiger charge is -2.40. The van der Waals surface area contributed by atoms with E-state index in [-0.39, 0.29) is 24.8 Å². The van der Waals surface area contributed by atoms with Gasteiger partial charge in [-0.15, -0.1) is 0 Å². The Hall–Kier alpha value is -3.13. The number of hydrogen-bond donors (Lipinski definition) is 0. The summed E-state index contributed by atoms with van der Waals surface area (Å²) in [6.07, 6.45) is 0.316. The number of benzene rings is 2. The van der Waals surface area contributed by atoms with Crippen LogP contribution in [0.3, 0.4) is 0 Å². The predicted octanol–water partition coefficient (Wildman–Crippen LogP) is 3.16. The first-order valence-electron chi connectivity index (χ1n) is 10.2. The van der Waals surface area contributed by atoms with Crippen molar-refractivity contribution in [2.24, 2.45) is 0 Å². The average molecular weight is 427 g/mol. The zero-order valence-corrected chi connectivity index (χ0v) is 18.0. The first-order valence-corrected chi connectivity index (χ1v) is 10.2. The second-order valence-electron chi connectivity index (χ2n) is 7.72. The van der Waals surface area contributed by atoms with Crippen LogP contribution in [0, 0.1) is 0 Å². The molecule has 2 atom stereocenters. The Morgan fingerprint density at radius 2 is 1.90 bits per heavy atom. The maximum atomic E-state index is 12.7. The summed E-state index contributed by atoms with van der Waals surface area (Å²) in [5.41, 5.74) is 3.88. The number of ether oxygens (including phenoxy) is 6. The highest BCUT2D eigenvalue weighted by Crippen LogP contribution is 2.55. The fourth-order valence-corrected chi connectivity index (χ4v) is 4.96. The van der Waals surface area contributed by atoms with Gasteiger partial charge in [-0.25, -0.2) is 0 Å². The normalized spacial score (nSPS) is 20.8. The average Bonchev–Trinajstić information content (AvgIpc) is 3.42. The first-order chi connectivity index (χ1) is 15.1. The maximum absolute atomic E-state index is 12.7. The summed E-state index contributed by atoms with van der Waals surface area (Å²) in [5, 5.41) is 0. The SMILES string of the molecule is COc1ccc2c(c1OC)CO[C@@H]2[C@H]1c2c(cc3c(c2OC)OCO3)CCN1C(C)=O. The van der Waals surface area contributed by atoms with Gasteiger partial charge in [0.2, 0.25) is 18.4 Å². The summed E-state index contributed by atoms with van der Waals surface area (Å²) in [7, 11) is 4.84.